The Morgan fingerprint density at radius 1 is 1.36 bits per heavy atom. The van der Waals surface area contributed by atoms with Gasteiger partial charge in [0.25, 0.3) is 0 Å². The van der Waals surface area contributed by atoms with Crippen molar-refractivity contribution in [2.45, 2.75) is 18.8 Å². The van der Waals surface area contributed by atoms with E-state index in [2.05, 4.69) is 19.1 Å². The van der Waals surface area contributed by atoms with Crippen molar-refractivity contribution >= 4 is 5.91 Å². The molecule has 1 fully saturated rings. The van der Waals surface area contributed by atoms with Crippen molar-refractivity contribution in [1.29, 1.82) is 0 Å². The van der Waals surface area contributed by atoms with Crippen LogP contribution in [0.15, 0.2) is 30.3 Å². The minimum absolute atomic E-state index is 0.226. The molecule has 1 atom stereocenters. The van der Waals surface area contributed by atoms with Crippen LogP contribution in [0.2, 0.25) is 0 Å². The standard InChI is InChI=1S/C12H15NO/c1-3-12(9-13(2)11(12)14)10-7-5-4-6-8-10/h4-8H,3,9H2,1-2H3. The molecule has 1 aliphatic heterocycles. The Kier molecular flexibility index (Phi) is 2.06. The molecule has 2 nitrogen and oxygen atoms in total. The van der Waals surface area contributed by atoms with Gasteiger partial charge in [0, 0.05) is 13.6 Å². The molecule has 1 saturated heterocycles. The molecule has 0 spiro atoms. The molecule has 0 N–H and O–H groups in total. The van der Waals surface area contributed by atoms with E-state index in [0.717, 1.165) is 18.5 Å². The summed E-state index contributed by atoms with van der Waals surface area (Å²) in [5.74, 6) is 0.256. The Morgan fingerprint density at radius 3 is 2.43 bits per heavy atom. The summed E-state index contributed by atoms with van der Waals surface area (Å²) in [6.45, 7) is 2.93. The summed E-state index contributed by atoms with van der Waals surface area (Å²) in [7, 11) is 1.86. The number of hydrogen-bond donors (Lipinski definition) is 0. The highest BCUT2D eigenvalue weighted by Gasteiger charge is 2.49. The highest BCUT2D eigenvalue weighted by molar-refractivity contribution is 5.94. The van der Waals surface area contributed by atoms with E-state index in [4.69, 9.17) is 0 Å². The van der Waals surface area contributed by atoms with E-state index in [-0.39, 0.29) is 11.3 Å². The van der Waals surface area contributed by atoms with Gasteiger partial charge in [-0.3, -0.25) is 4.79 Å². The SMILES string of the molecule is CCC1(c2ccccc2)CN(C)C1=O. The Balaban J connectivity index is 2.36. The highest BCUT2D eigenvalue weighted by Crippen LogP contribution is 2.37. The predicted octanol–water partition coefficient (Wildman–Crippen LogP) is 1.81. The average Bonchev–Trinajstić information content (AvgIpc) is 2.26. The van der Waals surface area contributed by atoms with Crippen LogP contribution >= 0.6 is 0 Å². The molecule has 0 radical (unpaired) electrons. The van der Waals surface area contributed by atoms with Gasteiger partial charge in [-0.2, -0.15) is 0 Å². The Morgan fingerprint density at radius 2 is 2.00 bits per heavy atom. The lowest BCUT2D eigenvalue weighted by atomic mass is 9.71. The van der Waals surface area contributed by atoms with E-state index in [0.29, 0.717) is 0 Å². The quantitative estimate of drug-likeness (QED) is 0.650. The largest absolute Gasteiger partial charge is 0.344 e. The topological polar surface area (TPSA) is 20.3 Å². The van der Waals surface area contributed by atoms with Crippen molar-refractivity contribution in [1.82, 2.24) is 4.90 Å². The fraction of sp³-hybridized carbons (Fsp3) is 0.417. The first-order valence-electron chi connectivity index (χ1n) is 5.02. The maximum atomic E-state index is 11.8. The third-order valence-electron chi connectivity index (χ3n) is 3.19. The summed E-state index contributed by atoms with van der Waals surface area (Å²) in [6.07, 6.45) is 0.889. The van der Waals surface area contributed by atoms with Crippen molar-refractivity contribution < 1.29 is 4.79 Å². The van der Waals surface area contributed by atoms with Crippen LogP contribution < -0.4 is 0 Å². The molecule has 0 saturated carbocycles. The second-order valence-corrected chi connectivity index (χ2v) is 3.96. The molecule has 2 rings (SSSR count). The van der Waals surface area contributed by atoms with Crippen LogP contribution in [0, 0.1) is 0 Å². The van der Waals surface area contributed by atoms with Crippen molar-refractivity contribution in [2.75, 3.05) is 13.6 Å². The van der Waals surface area contributed by atoms with Crippen molar-refractivity contribution in [3.05, 3.63) is 35.9 Å². The van der Waals surface area contributed by atoms with Crippen molar-refractivity contribution in [3.8, 4) is 0 Å². The molecule has 1 unspecified atom stereocenters. The first-order valence-corrected chi connectivity index (χ1v) is 5.02. The summed E-state index contributed by atoms with van der Waals surface area (Å²) in [4.78, 5) is 13.6. The van der Waals surface area contributed by atoms with Crippen LogP contribution in [0.3, 0.4) is 0 Å². The monoisotopic (exact) mass is 189 g/mol. The first-order chi connectivity index (χ1) is 6.70. The van der Waals surface area contributed by atoms with Crippen LogP contribution in [0.4, 0.5) is 0 Å². The Hall–Kier alpha value is -1.31. The number of nitrogens with zero attached hydrogens (tertiary/aromatic N) is 1. The number of amides is 1. The van der Waals surface area contributed by atoms with Crippen molar-refractivity contribution in [3.63, 3.8) is 0 Å². The van der Waals surface area contributed by atoms with Gasteiger partial charge in [0.2, 0.25) is 5.91 Å². The van der Waals surface area contributed by atoms with Crippen LogP contribution in [-0.4, -0.2) is 24.4 Å². The Labute approximate surface area is 84.5 Å². The summed E-state index contributed by atoms with van der Waals surface area (Å²) < 4.78 is 0. The molecule has 1 aromatic carbocycles. The first kappa shape index (κ1) is 9.25. The van der Waals surface area contributed by atoms with Gasteiger partial charge in [0.1, 0.15) is 0 Å². The number of β-lactam (4-membered cyclic amide) rings is 1. The van der Waals surface area contributed by atoms with E-state index in [1.54, 1.807) is 4.90 Å². The van der Waals surface area contributed by atoms with Gasteiger partial charge in [0.05, 0.1) is 5.41 Å². The van der Waals surface area contributed by atoms with E-state index in [1.165, 1.54) is 0 Å². The minimum Gasteiger partial charge on any atom is -0.344 e. The van der Waals surface area contributed by atoms with Crippen LogP contribution in [0.25, 0.3) is 0 Å². The number of benzene rings is 1. The van der Waals surface area contributed by atoms with Gasteiger partial charge >= 0.3 is 0 Å². The molecule has 1 aliphatic rings. The van der Waals surface area contributed by atoms with E-state index in [9.17, 15) is 4.79 Å². The molecular formula is C12H15NO. The number of hydrogen-bond acceptors (Lipinski definition) is 1. The Bertz CT molecular complexity index is 347. The summed E-state index contributed by atoms with van der Waals surface area (Å²) in [5.41, 5.74) is 0.932. The zero-order chi connectivity index (χ0) is 10.2. The van der Waals surface area contributed by atoms with Crippen LogP contribution in [0.5, 0.6) is 0 Å². The number of likely N-dealkylation sites (N-methyl/N-ethyl adjacent to an activating group) is 1. The predicted molar refractivity (Wildman–Crippen MR) is 56.0 cm³/mol. The van der Waals surface area contributed by atoms with Gasteiger partial charge in [-0.15, -0.1) is 0 Å². The summed E-state index contributed by atoms with van der Waals surface area (Å²) >= 11 is 0. The lowest BCUT2D eigenvalue weighted by Crippen LogP contribution is -2.62. The molecule has 14 heavy (non-hydrogen) atoms. The highest BCUT2D eigenvalue weighted by atomic mass is 16.2. The fourth-order valence-electron chi connectivity index (χ4n) is 2.26. The summed E-state index contributed by atoms with van der Waals surface area (Å²) in [5, 5.41) is 0. The smallest absolute Gasteiger partial charge is 0.234 e. The molecule has 2 heteroatoms. The molecular weight excluding hydrogens is 174 g/mol. The molecule has 0 bridgehead atoms. The van der Waals surface area contributed by atoms with Gasteiger partial charge in [0.15, 0.2) is 0 Å². The maximum Gasteiger partial charge on any atom is 0.234 e. The minimum atomic E-state index is -0.226. The van der Waals surface area contributed by atoms with Crippen LogP contribution in [-0.2, 0) is 10.2 Å². The number of carbonyl (C=O) groups is 1. The molecule has 0 aromatic heterocycles. The second kappa shape index (κ2) is 3.12. The van der Waals surface area contributed by atoms with Gasteiger partial charge < -0.3 is 4.90 Å². The third kappa shape index (κ3) is 1.07. The van der Waals surface area contributed by atoms with Crippen molar-refractivity contribution in [2.24, 2.45) is 0 Å². The third-order valence-corrected chi connectivity index (χ3v) is 3.19. The molecule has 1 amide bonds. The van der Waals surface area contributed by atoms with Gasteiger partial charge in [-0.1, -0.05) is 37.3 Å². The van der Waals surface area contributed by atoms with E-state index < -0.39 is 0 Å². The zero-order valence-corrected chi connectivity index (χ0v) is 8.66. The molecule has 1 aromatic rings. The second-order valence-electron chi connectivity index (χ2n) is 3.96. The average molecular weight is 189 g/mol. The van der Waals surface area contributed by atoms with E-state index >= 15 is 0 Å². The zero-order valence-electron chi connectivity index (χ0n) is 8.66. The van der Waals surface area contributed by atoms with E-state index in [1.807, 2.05) is 25.2 Å². The summed E-state index contributed by atoms with van der Waals surface area (Å²) in [6, 6.07) is 10.1. The molecule has 0 aliphatic carbocycles. The normalized spacial score (nSPS) is 26.1. The maximum absolute atomic E-state index is 11.8. The lowest BCUT2D eigenvalue weighted by molar-refractivity contribution is -0.149. The number of rotatable bonds is 2. The van der Waals surface area contributed by atoms with Gasteiger partial charge in [-0.25, -0.2) is 0 Å². The molecule has 74 valence electrons. The van der Waals surface area contributed by atoms with Crippen LogP contribution in [0.1, 0.15) is 18.9 Å². The number of likely N-dealkylation sites (tertiary alicyclic amines) is 1. The molecule has 1 heterocycles. The fourth-order valence-corrected chi connectivity index (χ4v) is 2.26. The lowest BCUT2D eigenvalue weighted by Gasteiger charge is -2.47. The van der Waals surface area contributed by atoms with Gasteiger partial charge in [-0.05, 0) is 12.0 Å². The number of carbonyl (C=O) groups excluding carboxylic acids is 1.